The number of rotatable bonds is 2. The Morgan fingerprint density at radius 1 is 1.21 bits per heavy atom. The zero-order chi connectivity index (χ0) is 13.2. The van der Waals surface area contributed by atoms with Gasteiger partial charge in [0.15, 0.2) is 0 Å². The Balaban J connectivity index is 1.63. The first-order chi connectivity index (χ1) is 9.24. The number of carbonyl (C=O) groups is 1. The van der Waals surface area contributed by atoms with Crippen LogP contribution in [0.2, 0.25) is 0 Å². The summed E-state index contributed by atoms with van der Waals surface area (Å²) in [5.41, 5.74) is 0. The van der Waals surface area contributed by atoms with Gasteiger partial charge in [-0.05, 0) is 47.3 Å². The van der Waals surface area contributed by atoms with Crippen LogP contribution in [0.25, 0.3) is 0 Å². The average molecular weight is 324 g/mol. The maximum Gasteiger partial charge on any atom is 0.225 e. The van der Waals surface area contributed by atoms with Crippen molar-refractivity contribution < 1.29 is 4.79 Å². The van der Waals surface area contributed by atoms with Crippen LogP contribution in [0.4, 0.5) is 5.82 Å². The van der Waals surface area contributed by atoms with E-state index in [1.54, 1.807) is 0 Å². The smallest absolute Gasteiger partial charge is 0.225 e. The largest absolute Gasteiger partial charge is 0.355 e. The van der Waals surface area contributed by atoms with Crippen molar-refractivity contribution >= 4 is 27.7 Å². The number of carbonyl (C=O) groups excluding carboxylic acids is 1. The Hall–Kier alpha value is -1.10. The van der Waals surface area contributed by atoms with Crippen molar-refractivity contribution in [3.05, 3.63) is 22.8 Å². The van der Waals surface area contributed by atoms with Crippen LogP contribution in [0.3, 0.4) is 0 Å². The van der Waals surface area contributed by atoms with Gasteiger partial charge in [0.2, 0.25) is 5.91 Å². The van der Waals surface area contributed by atoms with Crippen molar-refractivity contribution in [3.63, 3.8) is 0 Å². The molecule has 1 amide bonds. The summed E-state index contributed by atoms with van der Waals surface area (Å²) in [6, 6.07) is 4.04. The van der Waals surface area contributed by atoms with Crippen molar-refractivity contribution in [2.24, 2.45) is 5.92 Å². The van der Waals surface area contributed by atoms with Gasteiger partial charge < -0.3 is 9.80 Å². The van der Waals surface area contributed by atoms with E-state index in [0.717, 1.165) is 55.7 Å². The van der Waals surface area contributed by atoms with Crippen LogP contribution in [0.15, 0.2) is 22.8 Å². The van der Waals surface area contributed by atoms with Gasteiger partial charge in [-0.15, -0.1) is 0 Å². The number of halogens is 1. The van der Waals surface area contributed by atoms with E-state index in [-0.39, 0.29) is 0 Å². The highest BCUT2D eigenvalue weighted by Gasteiger charge is 2.33. The molecule has 19 heavy (non-hydrogen) atoms. The fourth-order valence-corrected chi connectivity index (χ4v) is 2.75. The summed E-state index contributed by atoms with van der Waals surface area (Å²) < 4.78 is 0.997. The number of anilines is 1. The minimum absolute atomic E-state index is 0.331. The molecule has 1 saturated heterocycles. The quantitative estimate of drug-likeness (QED) is 0.837. The van der Waals surface area contributed by atoms with Gasteiger partial charge in [-0.25, -0.2) is 4.98 Å². The fourth-order valence-electron chi connectivity index (χ4n) is 2.51. The molecular weight excluding hydrogens is 306 g/mol. The lowest BCUT2D eigenvalue weighted by atomic mass is 10.3. The molecule has 4 nitrogen and oxygen atoms in total. The molecule has 0 atom stereocenters. The Morgan fingerprint density at radius 3 is 2.74 bits per heavy atom. The van der Waals surface area contributed by atoms with E-state index in [1.165, 1.54) is 0 Å². The molecule has 102 valence electrons. The van der Waals surface area contributed by atoms with E-state index in [9.17, 15) is 4.79 Å². The molecule has 0 N–H and O–H groups in total. The fraction of sp³-hybridized carbons (Fsp3) is 0.571. The predicted octanol–water partition coefficient (Wildman–Crippen LogP) is 2.29. The van der Waals surface area contributed by atoms with Gasteiger partial charge in [-0.3, -0.25) is 4.79 Å². The summed E-state index contributed by atoms with van der Waals surface area (Å²) in [5, 5.41) is 0. The molecule has 0 bridgehead atoms. The van der Waals surface area contributed by atoms with Crippen molar-refractivity contribution in [2.45, 2.75) is 19.3 Å². The lowest BCUT2D eigenvalue weighted by molar-refractivity contribution is -0.132. The number of aromatic nitrogens is 1. The Kier molecular flexibility index (Phi) is 3.73. The standard InChI is InChI=1S/C14H18BrN3O/c15-12-4-5-13(16-10-12)17-6-1-7-18(9-8-17)14(19)11-2-3-11/h4-5,10-11H,1-3,6-9H2. The number of pyridine rings is 1. The van der Waals surface area contributed by atoms with E-state index >= 15 is 0 Å². The van der Waals surface area contributed by atoms with Gasteiger partial charge in [-0.1, -0.05) is 0 Å². The third-order valence-corrected chi connectivity index (χ3v) is 4.24. The van der Waals surface area contributed by atoms with Gasteiger partial charge in [0, 0.05) is 42.8 Å². The van der Waals surface area contributed by atoms with Crippen LogP contribution in [-0.2, 0) is 4.79 Å². The summed E-state index contributed by atoms with van der Waals surface area (Å²) in [6.45, 7) is 3.58. The van der Waals surface area contributed by atoms with Crippen LogP contribution in [0, 0.1) is 5.92 Å². The highest BCUT2D eigenvalue weighted by Crippen LogP contribution is 2.31. The Labute approximate surface area is 121 Å². The van der Waals surface area contributed by atoms with E-state index in [2.05, 4.69) is 25.8 Å². The zero-order valence-corrected chi connectivity index (χ0v) is 12.5. The molecule has 1 aromatic rings. The SMILES string of the molecule is O=C(C1CC1)N1CCCN(c2ccc(Br)cn2)CC1. The molecule has 0 unspecified atom stereocenters. The van der Waals surface area contributed by atoms with Gasteiger partial charge in [-0.2, -0.15) is 0 Å². The van der Waals surface area contributed by atoms with Crippen LogP contribution < -0.4 is 4.90 Å². The second-order valence-corrected chi connectivity index (χ2v) is 6.19. The lowest BCUT2D eigenvalue weighted by Gasteiger charge is -2.22. The first kappa shape index (κ1) is 12.9. The average Bonchev–Trinajstić information content (AvgIpc) is 3.26. The molecule has 0 radical (unpaired) electrons. The van der Waals surface area contributed by atoms with Crippen LogP contribution >= 0.6 is 15.9 Å². The lowest BCUT2D eigenvalue weighted by Crippen LogP contribution is -2.36. The first-order valence-electron chi connectivity index (χ1n) is 6.89. The maximum atomic E-state index is 12.1. The second kappa shape index (κ2) is 5.49. The Bertz CT molecular complexity index is 458. The van der Waals surface area contributed by atoms with E-state index in [0.29, 0.717) is 11.8 Å². The monoisotopic (exact) mass is 323 g/mol. The topological polar surface area (TPSA) is 36.4 Å². The molecule has 2 aliphatic rings. The van der Waals surface area contributed by atoms with Gasteiger partial charge in [0.05, 0.1) is 0 Å². The summed E-state index contributed by atoms with van der Waals surface area (Å²) >= 11 is 3.40. The van der Waals surface area contributed by atoms with Crippen molar-refractivity contribution in [3.8, 4) is 0 Å². The van der Waals surface area contributed by atoms with Crippen molar-refractivity contribution in [1.29, 1.82) is 0 Å². The third-order valence-electron chi connectivity index (χ3n) is 3.77. The van der Waals surface area contributed by atoms with Crippen LogP contribution in [0.5, 0.6) is 0 Å². The summed E-state index contributed by atoms with van der Waals surface area (Å²) in [5.74, 6) is 1.70. The molecule has 0 spiro atoms. The molecular formula is C14H18BrN3O. The minimum Gasteiger partial charge on any atom is -0.355 e. The maximum absolute atomic E-state index is 12.1. The number of nitrogens with zero attached hydrogens (tertiary/aromatic N) is 3. The van der Waals surface area contributed by atoms with E-state index in [4.69, 9.17) is 0 Å². The molecule has 1 aromatic heterocycles. The van der Waals surface area contributed by atoms with Gasteiger partial charge in [0.1, 0.15) is 5.82 Å². The molecule has 2 fully saturated rings. The number of hydrogen-bond acceptors (Lipinski definition) is 3. The molecule has 1 aliphatic carbocycles. The van der Waals surface area contributed by atoms with Crippen LogP contribution in [-0.4, -0.2) is 42.0 Å². The first-order valence-corrected chi connectivity index (χ1v) is 7.68. The predicted molar refractivity (Wildman–Crippen MR) is 78.1 cm³/mol. The highest BCUT2D eigenvalue weighted by molar-refractivity contribution is 9.10. The van der Waals surface area contributed by atoms with E-state index in [1.807, 2.05) is 23.2 Å². The molecule has 1 aliphatic heterocycles. The van der Waals surface area contributed by atoms with Crippen molar-refractivity contribution in [1.82, 2.24) is 9.88 Å². The Morgan fingerprint density at radius 2 is 2.05 bits per heavy atom. The summed E-state index contributed by atoms with van der Waals surface area (Å²) in [4.78, 5) is 20.8. The summed E-state index contributed by atoms with van der Waals surface area (Å²) in [6.07, 6.45) is 5.03. The van der Waals surface area contributed by atoms with Crippen LogP contribution in [0.1, 0.15) is 19.3 Å². The third kappa shape index (κ3) is 3.08. The zero-order valence-electron chi connectivity index (χ0n) is 10.9. The molecule has 1 saturated carbocycles. The normalized spacial score (nSPS) is 20.3. The summed E-state index contributed by atoms with van der Waals surface area (Å²) in [7, 11) is 0. The van der Waals surface area contributed by atoms with Gasteiger partial charge >= 0.3 is 0 Å². The van der Waals surface area contributed by atoms with E-state index < -0.39 is 0 Å². The number of hydrogen-bond donors (Lipinski definition) is 0. The van der Waals surface area contributed by atoms with Crippen molar-refractivity contribution in [2.75, 3.05) is 31.1 Å². The molecule has 2 heterocycles. The molecule has 3 rings (SSSR count). The molecule has 0 aromatic carbocycles. The van der Waals surface area contributed by atoms with Gasteiger partial charge in [0.25, 0.3) is 0 Å². The second-order valence-electron chi connectivity index (χ2n) is 5.27. The molecule has 5 heteroatoms. The highest BCUT2D eigenvalue weighted by atomic mass is 79.9. The minimum atomic E-state index is 0.331. The number of amides is 1.